The predicted octanol–water partition coefficient (Wildman–Crippen LogP) is 2.31. The van der Waals surface area contributed by atoms with Gasteiger partial charge in [-0.3, -0.25) is 4.79 Å². The van der Waals surface area contributed by atoms with Crippen molar-refractivity contribution in [2.24, 2.45) is 0 Å². The Morgan fingerprint density at radius 1 is 0.964 bits per heavy atom. The van der Waals surface area contributed by atoms with Gasteiger partial charge in [-0.15, -0.1) is 0 Å². The van der Waals surface area contributed by atoms with E-state index in [1.165, 1.54) is 0 Å². The fourth-order valence-electron chi connectivity index (χ4n) is 3.71. The molecule has 0 heterocycles. The van der Waals surface area contributed by atoms with E-state index in [2.05, 4.69) is 11.1 Å². The van der Waals surface area contributed by atoms with Gasteiger partial charge in [-0.05, 0) is 35.4 Å². The summed E-state index contributed by atoms with van der Waals surface area (Å²) in [6.45, 7) is 0.781. The third-order valence-electron chi connectivity index (χ3n) is 5.18. The molecular weight excluding hydrogens is 354 g/mol. The normalized spacial score (nSPS) is 18.2. The van der Waals surface area contributed by atoms with Crippen LogP contribution in [-0.4, -0.2) is 39.4 Å². The van der Waals surface area contributed by atoms with Gasteiger partial charge in [0.25, 0.3) is 0 Å². The minimum absolute atomic E-state index is 0.208. The lowest BCUT2D eigenvalue weighted by Crippen LogP contribution is -2.74. The Labute approximate surface area is 166 Å². The second kappa shape index (κ2) is 9.40. The summed E-state index contributed by atoms with van der Waals surface area (Å²) in [6.07, 6.45) is 2.84. The number of carbonyl (C=O) groups excluding carboxylic acids is 1. The van der Waals surface area contributed by atoms with Crippen LogP contribution in [0.15, 0.2) is 42.5 Å². The van der Waals surface area contributed by atoms with Crippen molar-refractivity contribution in [3.05, 3.63) is 53.6 Å². The average molecular weight is 382 g/mol. The van der Waals surface area contributed by atoms with E-state index in [1.807, 2.05) is 36.4 Å². The van der Waals surface area contributed by atoms with Crippen LogP contribution in [0, 0.1) is 0 Å². The maximum Gasteiger partial charge on any atom is 0.160 e. The predicted molar refractivity (Wildman–Crippen MR) is 109 cm³/mol. The number of ketones is 1. The van der Waals surface area contributed by atoms with Crippen molar-refractivity contribution in [2.75, 3.05) is 27.9 Å². The van der Waals surface area contributed by atoms with Crippen LogP contribution in [0.3, 0.4) is 0 Å². The largest absolute Gasteiger partial charge is 0.497 e. The highest BCUT2D eigenvalue weighted by atomic mass is 16.5. The van der Waals surface area contributed by atoms with E-state index < -0.39 is 0 Å². The molecular formula is C23H28NO4+. The number of carbonyl (C=O) groups is 1. The molecule has 1 fully saturated rings. The fraction of sp³-hybridized carbons (Fsp3) is 0.391. The molecule has 0 spiro atoms. The molecule has 5 nitrogen and oxygen atoms in total. The van der Waals surface area contributed by atoms with Crippen molar-refractivity contribution in [1.29, 1.82) is 0 Å². The average Bonchev–Trinajstić information content (AvgIpc) is 2.73. The molecule has 0 bridgehead atoms. The Kier molecular flexibility index (Phi) is 6.69. The van der Waals surface area contributed by atoms with Crippen LogP contribution in [0.1, 0.15) is 36.3 Å². The van der Waals surface area contributed by atoms with E-state index >= 15 is 0 Å². The van der Waals surface area contributed by atoms with Crippen molar-refractivity contribution in [2.45, 2.75) is 31.6 Å². The maximum absolute atomic E-state index is 12.3. The second-order valence-electron chi connectivity index (χ2n) is 7.07. The van der Waals surface area contributed by atoms with Gasteiger partial charge in [-0.1, -0.05) is 18.2 Å². The molecule has 0 saturated heterocycles. The topological polar surface area (TPSA) is 58.7 Å². The highest BCUT2D eigenvalue weighted by molar-refractivity contribution is 6.02. The molecule has 1 saturated carbocycles. The molecule has 2 aromatic carbocycles. The van der Waals surface area contributed by atoms with Gasteiger partial charge in [0.05, 0.1) is 27.8 Å². The molecule has 0 amide bonds. The fourth-order valence-corrected chi connectivity index (χ4v) is 3.71. The van der Waals surface area contributed by atoms with Crippen LogP contribution in [0.4, 0.5) is 0 Å². The zero-order chi connectivity index (χ0) is 19.9. The van der Waals surface area contributed by atoms with Gasteiger partial charge >= 0.3 is 0 Å². The van der Waals surface area contributed by atoms with Gasteiger partial charge in [-0.25, -0.2) is 4.99 Å². The molecule has 0 unspecified atom stereocenters. The van der Waals surface area contributed by atoms with E-state index in [9.17, 15) is 4.79 Å². The quantitative estimate of drug-likeness (QED) is 0.798. The number of nitrogens with one attached hydrogen (secondary N) is 1. The summed E-state index contributed by atoms with van der Waals surface area (Å²) < 4.78 is 16.0. The highest BCUT2D eigenvalue weighted by Gasteiger charge is 2.28. The van der Waals surface area contributed by atoms with Gasteiger partial charge in [-0.2, -0.15) is 0 Å². The molecule has 5 heteroatoms. The van der Waals surface area contributed by atoms with Crippen molar-refractivity contribution in [1.82, 2.24) is 0 Å². The van der Waals surface area contributed by atoms with Gasteiger partial charge in [0, 0.05) is 25.2 Å². The maximum atomic E-state index is 12.3. The summed E-state index contributed by atoms with van der Waals surface area (Å²) in [4.78, 5) is 15.8. The number of benzene rings is 2. The first kappa shape index (κ1) is 19.9. The van der Waals surface area contributed by atoms with Crippen LogP contribution >= 0.6 is 0 Å². The number of rotatable bonds is 7. The standard InChI is InChI=1S/C23H27NO4/c1-26-21-6-4-5-17(14-21)18-12-19(15-20(25)13-18)24-10-9-16-7-8-22(27-2)23(11-16)28-3/h4-8,11,14,18H,9-10,12-13,15H2,1-3H3/p+1/t18-/m0/s1. The molecule has 28 heavy (non-hydrogen) atoms. The van der Waals surface area contributed by atoms with Crippen molar-refractivity contribution in [3.8, 4) is 17.2 Å². The zero-order valence-corrected chi connectivity index (χ0v) is 16.8. The third kappa shape index (κ3) is 4.91. The number of ether oxygens (including phenoxy) is 3. The van der Waals surface area contributed by atoms with Gasteiger partial charge in [0.1, 0.15) is 18.1 Å². The lowest BCUT2D eigenvalue weighted by molar-refractivity contribution is -0.459. The van der Waals surface area contributed by atoms with E-state index in [0.717, 1.165) is 53.5 Å². The van der Waals surface area contributed by atoms with E-state index in [1.54, 1.807) is 21.3 Å². The first-order chi connectivity index (χ1) is 13.6. The minimum Gasteiger partial charge on any atom is -0.497 e. The Hall–Kier alpha value is -2.82. The first-order valence-corrected chi connectivity index (χ1v) is 9.58. The molecule has 0 aliphatic heterocycles. The number of hydrogen-bond donors (Lipinski definition) is 1. The van der Waals surface area contributed by atoms with Crippen LogP contribution in [-0.2, 0) is 11.2 Å². The molecule has 148 valence electrons. The molecule has 1 aliphatic carbocycles. The summed E-state index contributed by atoms with van der Waals surface area (Å²) >= 11 is 0. The van der Waals surface area contributed by atoms with Crippen molar-refractivity contribution < 1.29 is 24.0 Å². The van der Waals surface area contributed by atoms with Crippen LogP contribution in [0.2, 0.25) is 0 Å². The molecule has 0 radical (unpaired) electrons. The Morgan fingerprint density at radius 3 is 2.54 bits per heavy atom. The van der Waals surface area contributed by atoms with Crippen LogP contribution in [0.5, 0.6) is 17.2 Å². The van der Waals surface area contributed by atoms with E-state index in [-0.39, 0.29) is 11.7 Å². The van der Waals surface area contributed by atoms with E-state index in [0.29, 0.717) is 12.8 Å². The molecule has 3 rings (SSSR count). The summed E-state index contributed by atoms with van der Waals surface area (Å²) in [7, 11) is 4.94. The summed E-state index contributed by atoms with van der Waals surface area (Å²) in [5, 5.41) is 0. The third-order valence-corrected chi connectivity index (χ3v) is 5.18. The Bertz CT molecular complexity index is 859. The zero-order valence-electron chi connectivity index (χ0n) is 16.8. The van der Waals surface area contributed by atoms with Crippen molar-refractivity contribution >= 4 is 11.5 Å². The van der Waals surface area contributed by atoms with Crippen LogP contribution < -0.4 is 19.2 Å². The minimum atomic E-state index is 0.208. The van der Waals surface area contributed by atoms with Gasteiger partial charge in [0.2, 0.25) is 0 Å². The van der Waals surface area contributed by atoms with E-state index in [4.69, 9.17) is 14.2 Å². The summed E-state index contributed by atoms with van der Waals surface area (Å²) in [5.74, 6) is 2.79. The summed E-state index contributed by atoms with van der Waals surface area (Å²) in [5.41, 5.74) is 3.44. The monoisotopic (exact) mass is 382 g/mol. The van der Waals surface area contributed by atoms with Crippen molar-refractivity contribution in [3.63, 3.8) is 0 Å². The molecule has 1 atom stereocenters. The molecule has 0 aromatic heterocycles. The number of methoxy groups -OCH3 is 3. The highest BCUT2D eigenvalue weighted by Crippen LogP contribution is 2.30. The first-order valence-electron chi connectivity index (χ1n) is 9.58. The number of Topliss-reactive ketones (excluding diaryl/α,β-unsaturated/α-hetero) is 1. The smallest absolute Gasteiger partial charge is 0.160 e. The SMILES string of the molecule is COc1cccc([C@@H]2CC(=O)CC(=[NH+]CCc3ccc(OC)c(OC)c3)C2)c1. The summed E-state index contributed by atoms with van der Waals surface area (Å²) in [6, 6.07) is 14.0. The van der Waals surface area contributed by atoms with Crippen LogP contribution in [0.25, 0.3) is 0 Å². The lowest BCUT2D eigenvalue weighted by Gasteiger charge is -2.20. The lowest BCUT2D eigenvalue weighted by atomic mass is 9.82. The van der Waals surface area contributed by atoms with Gasteiger partial charge < -0.3 is 14.2 Å². The molecule has 1 aliphatic rings. The molecule has 1 N–H and O–H groups in total. The molecule has 2 aromatic rings. The number of hydrogen-bond acceptors (Lipinski definition) is 4. The Balaban J connectivity index is 1.65. The Morgan fingerprint density at radius 2 is 1.79 bits per heavy atom. The van der Waals surface area contributed by atoms with Gasteiger partial charge in [0.15, 0.2) is 17.2 Å². The second-order valence-corrected chi connectivity index (χ2v) is 7.07.